The average molecular weight is 180 g/mol. The third kappa shape index (κ3) is 195. The SMILES string of the molecule is O.O=P(O)(O)O.[Fe].[LiH]. The molecule has 0 aromatic rings. The number of hydrogen-bond acceptors (Lipinski definition) is 1. The topological polar surface area (TPSA) is 109 Å². The van der Waals surface area contributed by atoms with E-state index in [1.807, 2.05) is 0 Å². The number of rotatable bonds is 0. The first-order valence-electron chi connectivity index (χ1n) is 0.783. The first-order chi connectivity index (χ1) is 2.00. The third-order valence-corrected chi connectivity index (χ3v) is 0. The quantitative estimate of drug-likeness (QED) is 0.285. The van der Waals surface area contributed by atoms with Gasteiger partial charge in [0.2, 0.25) is 0 Å². The van der Waals surface area contributed by atoms with Gasteiger partial charge in [-0.3, -0.25) is 0 Å². The van der Waals surface area contributed by atoms with Crippen molar-refractivity contribution in [1.82, 2.24) is 0 Å². The van der Waals surface area contributed by atoms with Gasteiger partial charge in [-0.1, -0.05) is 0 Å². The zero-order valence-corrected chi connectivity index (χ0v) is 5.05. The van der Waals surface area contributed by atoms with E-state index >= 15 is 0 Å². The second-order valence-electron chi connectivity index (χ2n) is 0.513. The predicted molar refractivity (Wildman–Crippen MR) is 25.0 cm³/mol. The first kappa shape index (κ1) is 22.9. The van der Waals surface area contributed by atoms with Gasteiger partial charge in [-0.05, 0) is 0 Å². The molecule has 0 amide bonds. The fourth-order valence-electron chi connectivity index (χ4n) is 0. The molecule has 8 heavy (non-hydrogen) atoms. The van der Waals surface area contributed by atoms with Crippen LogP contribution < -0.4 is 0 Å². The van der Waals surface area contributed by atoms with Crippen molar-refractivity contribution < 1.29 is 41.8 Å². The third-order valence-electron chi connectivity index (χ3n) is 0. The summed E-state index contributed by atoms with van der Waals surface area (Å²) in [7, 11) is -4.64. The zero-order chi connectivity index (χ0) is 4.50. The Balaban J connectivity index is -0.0000000267. The van der Waals surface area contributed by atoms with Crippen LogP contribution in [0.1, 0.15) is 0 Å². The van der Waals surface area contributed by atoms with E-state index in [4.69, 9.17) is 19.2 Å². The van der Waals surface area contributed by atoms with Crippen molar-refractivity contribution in [2.75, 3.05) is 0 Å². The van der Waals surface area contributed by atoms with Crippen molar-refractivity contribution in [1.29, 1.82) is 0 Å². The standard InChI is InChI=1S/Fe.Li.H3O4P.H2O.H/c;;1-5(2,3)4;;/h;;(H3,1,2,3,4);1H2;. The van der Waals surface area contributed by atoms with Gasteiger partial charge in [0.25, 0.3) is 0 Å². The molecule has 0 unspecified atom stereocenters. The van der Waals surface area contributed by atoms with E-state index in [1.54, 1.807) is 0 Å². The molecule has 0 aliphatic carbocycles. The van der Waals surface area contributed by atoms with Crippen LogP contribution in [0.15, 0.2) is 0 Å². The van der Waals surface area contributed by atoms with E-state index in [0.29, 0.717) is 0 Å². The van der Waals surface area contributed by atoms with Crippen molar-refractivity contribution in [2.45, 2.75) is 0 Å². The monoisotopic (exact) mass is 180 g/mol. The normalized spacial score (nSPS) is 7.38. The van der Waals surface area contributed by atoms with E-state index in [0.717, 1.165) is 0 Å². The maximum atomic E-state index is 8.88. The molecule has 0 fully saturated rings. The summed E-state index contributed by atoms with van der Waals surface area (Å²) in [6, 6.07) is 0. The Morgan fingerprint density at radius 3 is 1.12 bits per heavy atom. The zero-order valence-electron chi connectivity index (χ0n) is 3.05. The van der Waals surface area contributed by atoms with Gasteiger partial charge in [0.05, 0.1) is 0 Å². The molecular formula is H6FeLiO5P. The van der Waals surface area contributed by atoms with Crippen LogP contribution in [0.25, 0.3) is 0 Å². The van der Waals surface area contributed by atoms with E-state index in [1.165, 1.54) is 0 Å². The van der Waals surface area contributed by atoms with Crippen molar-refractivity contribution in [2.24, 2.45) is 0 Å². The second-order valence-corrected chi connectivity index (χ2v) is 1.54. The Labute approximate surface area is 68.7 Å². The molecule has 50 valence electrons. The summed E-state index contributed by atoms with van der Waals surface area (Å²) in [5, 5.41) is 0. The van der Waals surface area contributed by atoms with E-state index < -0.39 is 7.82 Å². The Morgan fingerprint density at radius 1 is 1.12 bits per heavy atom. The summed E-state index contributed by atoms with van der Waals surface area (Å²) < 4.78 is 8.88. The number of phosphoric acid groups is 1. The predicted octanol–water partition coefficient (Wildman–Crippen LogP) is -2.40. The maximum absolute atomic E-state index is 8.88. The van der Waals surface area contributed by atoms with E-state index in [-0.39, 0.29) is 41.4 Å². The van der Waals surface area contributed by atoms with Crippen LogP contribution >= 0.6 is 7.82 Å². The summed E-state index contributed by atoms with van der Waals surface area (Å²) in [4.78, 5) is 21.6. The Kier molecular flexibility index (Phi) is 23.4. The Morgan fingerprint density at radius 2 is 1.12 bits per heavy atom. The molecule has 8 heteroatoms. The Bertz CT molecular complexity index is 58.6. The molecule has 0 spiro atoms. The van der Waals surface area contributed by atoms with Crippen LogP contribution in [0.5, 0.6) is 0 Å². The molecule has 0 aromatic heterocycles. The molecule has 0 bridgehead atoms. The molecule has 0 aromatic carbocycles. The van der Waals surface area contributed by atoms with Gasteiger partial charge >= 0.3 is 26.7 Å². The molecule has 0 rings (SSSR count). The van der Waals surface area contributed by atoms with Crippen LogP contribution in [-0.2, 0) is 21.6 Å². The van der Waals surface area contributed by atoms with Crippen LogP contribution in [0.2, 0.25) is 0 Å². The molecule has 0 radical (unpaired) electrons. The fourth-order valence-corrected chi connectivity index (χ4v) is 0. The van der Waals surface area contributed by atoms with Gasteiger partial charge in [-0.15, -0.1) is 0 Å². The van der Waals surface area contributed by atoms with Crippen molar-refractivity contribution >= 4 is 26.7 Å². The minimum absolute atomic E-state index is 0. The Hall–Kier alpha value is 1.19. The number of hydrogen-bond donors (Lipinski definition) is 3. The summed E-state index contributed by atoms with van der Waals surface area (Å²) >= 11 is 0. The summed E-state index contributed by atoms with van der Waals surface area (Å²) in [6.07, 6.45) is 0. The second kappa shape index (κ2) is 8.19. The summed E-state index contributed by atoms with van der Waals surface area (Å²) in [5.74, 6) is 0. The van der Waals surface area contributed by atoms with Crippen LogP contribution in [0.4, 0.5) is 0 Å². The fraction of sp³-hybridized carbons (Fsp3) is 0. The van der Waals surface area contributed by atoms with Gasteiger partial charge < -0.3 is 20.2 Å². The van der Waals surface area contributed by atoms with Gasteiger partial charge in [0, 0.05) is 17.1 Å². The molecule has 0 atom stereocenters. The molecule has 0 aliphatic heterocycles. The van der Waals surface area contributed by atoms with Gasteiger partial charge in [0.1, 0.15) is 0 Å². The molecule has 0 saturated carbocycles. The van der Waals surface area contributed by atoms with E-state index in [2.05, 4.69) is 0 Å². The van der Waals surface area contributed by atoms with Crippen LogP contribution in [0.3, 0.4) is 0 Å². The first-order valence-corrected chi connectivity index (χ1v) is 2.35. The van der Waals surface area contributed by atoms with Crippen LogP contribution in [-0.4, -0.2) is 39.0 Å². The van der Waals surface area contributed by atoms with Crippen molar-refractivity contribution in [3.05, 3.63) is 0 Å². The molecule has 0 heterocycles. The molecule has 0 aliphatic rings. The average Bonchev–Trinajstić information content (AvgIpc) is 0.722. The van der Waals surface area contributed by atoms with Gasteiger partial charge in [0.15, 0.2) is 0 Å². The minimum atomic E-state index is -4.64. The molecular weight excluding hydrogens is 174 g/mol. The van der Waals surface area contributed by atoms with E-state index in [9.17, 15) is 0 Å². The van der Waals surface area contributed by atoms with Crippen molar-refractivity contribution in [3.63, 3.8) is 0 Å². The van der Waals surface area contributed by atoms with Gasteiger partial charge in [-0.2, -0.15) is 0 Å². The van der Waals surface area contributed by atoms with Crippen LogP contribution in [0, 0.1) is 0 Å². The molecule has 0 saturated heterocycles. The van der Waals surface area contributed by atoms with Crippen molar-refractivity contribution in [3.8, 4) is 0 Å². The molecule has 5 N–H and O–H groups in total. The van der Waals surface area contributed by atoms with Gasteiger partial charge in [-0.25, -0.2) is 4.57 Å². The summed E-state index contributed by atoms with van der Waals surface area (Å²) in [5.41, 5.74) is 0. The summed E-state index contributed by atoms with van der Waals surface area (Å²) in [6.45, 7) is 0. The molecule has 5 nitrogen and oxygen atoms in total.